The van der Waals surface area contributed by atoms with Gasteiger partial charge in [-0.05, 0) is 49.1 Å². The van der Waals surface area contributed by atoms with Gasteiger partial charge in [0.1, 0.15) is 0 Å². The van der Waals surface area contributed by atoms with Crippen LogP contribution >= 0.6 is 0 Å². The molecule has 2 aromatic carbocycles. The first kappa shape index (κ1) is 16.6. The monoisotopic (exact) mass is 356 g/mol. The van der Waals surface area contributed by atoms with E-state index in [4.69, 9.17) is 0 Å². The van der Waals surface area contributed by atoms with Crippen LogP contribution in [0.15, 0.2) is 48.5 Å². The first-order valence-electron chi connectivity index (χ1n) is 8.32. The molecule has 0 saturated heterocycles. The summed E-state index contributed by atoms with van der Waals surface area (Å²) in [5.74, 6) is -0.402. The minimum Gasteiger partial charge on any atom is -0.322 e. The van der Waals surface area contributed by atoms with Crippen molar-refractivity contribution in [3.8, 4) is 0 Å². The first-order valence-corrected chi connectivity index (χ1v) is 8.32. The molecule has 0 radical (unpaired) electrons. The number of carbonyl (C=O) groups is 1. The van der Waals surface area contributed by atoms with Gasteiger partial charge in [0.05, 0.1) is 16.6 Å². The summed E-state index contributed by atoms with van der Waals surface area (Å²) in [6.07, 6.45) is -1.98. The van der Waals surface area contributed by atoms with E-state index in [-0.39, 0.29) is 5.69 Å². The van der Waals surface area contributed by atoms with Crippen LogP contribution in [0.4, 0.5) is 18.9 Å². The van der Waals surface area contributed by atoms with Crippen molar-refractivity contribution in [3.63, 3.8) is 0 Å². The summed E-state index contributed by atoms with van der Waals surface area (Å²) in [5.41, 5.74) is 2.37. The normalized spacial score (nSPS) is 13.7. The number of fused-ring (bicyclic) bond motifs is 2. The number of nitrogens with one attached hydrogen (secondary N) is 1. The molecule has 0 bridgehead atoms. The molecule has 0 spiro atoms. The lowest BCUT2D eigenvalue weighted by Crippen LogP contribution is -2.16. The standard InChI is InChI=1S/C20H15F3N2O/c21-20(22,23)12-5-3-6-13(11-12)24-19(26)18-14-7-1-2-9-16(14)25-17-10-4-8-15(17)18/h1-3,5-7,9,11H,4,8,10H2,(H,24,26). The van der Waals surface area contributed by atoms with Crippen LogP contribution in [0.1, 0.15) is 33.6 Å². The van der Waals surface area contributed by atoms with Crippen LogP contribution in [0.5, 0.6) is 0 Å². The lowest BCUT2D eigenvalue weighted by atomic mass is 10.0. The van der Waals surface area contributed by atoms with Crippen molar-refractivity contribution in [1.29, 1.82) is 0 Å². The largest absolute Gasteiger partial charge is 0.416 e. The minimum absolute atomic E-state index is 0.123. The molecule has 0 unspecified atom stereocenters. The Labute approximate surface area is 147 Å². The predicted octanol–water partition coefficient (Wildman–Crippen LogP) is 4.99. The lowest BCUT2D eigenvalue weighted by Gasteiger charge is -2.14. The number of nitrogens with zero attached hydrogens (tertiary/aromatic N) is 1. The van der Waals surface area contributed by atoms with Gasteiger partial charge < -0.3 is 5.32 Å². The Morgan fingerprint density at radius 1 is 1.04 bits per heavy atom. The topological polar surface area (TPSA) is 42.0 Å². The van der Waals surface area contributed by atoms with Crippen LogP contribution in [0.2, 0.25) is 0 Å². The van der Waals surface area contributed by atoms with E-state index in [0.29, 0.717) is 5.56 Å². The van der Waals surface area contributed by atoms with Crippen molar-refractivity contribution in [2.24, 2.45) is 0 Å². The van der Waals surface area contributed by atoms with Gasteiger partial charge in [-0.3, -0.25) is 9.78 Å². The van der Waals surface area contributed by atoms with E-state index in [1.165, 1.54) is 12.1 Å². The molecule has 0 atom stereocenters. The zero-order valence-corrected chi connectivity index (χ0v) is 13.7. The number of pyridine rings is 1. The maximum absolute atomic E-state index is 12.9. The number of hydrogen-bond donors (Lipinski definition) is 1. The summed E-state index contributed by atoms with van der Waals surface area (Å²) in [7, 11) is 0. The first-order chi connectivity index (χ1) is 12.4. The second kappa shape index (κ2) is 6.12. The SMILES string of the molecule is O=C(Nc1cccc(C(F)(F)F)c1)c1c2c(nc3ccccc13)CCC2. The van der Waals surface area contributed by atoms with Gasteiger partial charge in [-0.15, -0.1) is 0 Å². The van der Waals surface area contributed by atoms with Crippen molar-refractivity contribution >= 4 is 22.5 Å². The molecule has 1 aromatic heterocycles. The number of halogens is 3. The van der Waals surface area contributed by atoms with Crippen molar-refractivity contribution in [2.45, 2.75) is 25.4 Å². The molecule has 1 amide bonds. The maximum atomic E-state index is 12.9. The van der Waals surface area contributed by atoms with Crippen LogP contribution < -0.4 is 5.32 Å². The molecular formula is C20H15F3N2O. The number of para-hydroxylation sites is 1. The second-order valence-electron chi connectivity index (χ2n) is 6.32. The number of amides is 1. The number of rotatable bonds is 2. The minimum atomic E-state index is -4.45. The van der Waals surface area contributed by atoms with E-state index in [2.05, 4.69) is 10.3 Å². The molecular weight excluding hydrogens is 341 g/mol. The molecule has 1 N–H and O–H groups in total. The van der Waals surface area contributed by atoms with E-state index < -0.39 is 17.6 Å². The Kier molecular flexibility index (Phi) is 3.90. The highest BCUT2D eigenvalue weighted by atomic mass is 19.4. The fourth-order valence-electron chi connectivity index (χ4n) is 3.44. The van der Waals surface area contributed by atoms with Gasteiger partial charge in [-0.25, -0.2) is 0 Å². The Hall–Kier alpha value is -2.89. The van der Waals surface area contributed by atoms with Crippen LogP contribution in [0.3, 0.4) is 0 Å². The quantitative estimate of drug-likeness (QED) is 0.702. The molecule has 26 heavy (non-hydrogen) atoms. The number of alkyl halides is 3. The van der Waals surface area contributed by atoms with Crippen LogP contribution in [-0.4, -0.2) is 10.9 Å². The van der Waals surface area contributed by atoms with Crippen molar-refractivity contribution in [3.05, 3.63) is 70.9 Å². The van der Waals surface area contributed by atoms with Crippen molar-refractivity contribution < 1.29 is 18.0 Å². The average molecular weight is 356 g/mol. The number of benzene rings is 2. The number of anilines is 1. The fourth-order valence-corrected chi connectivity index (χ4v) is 3.44. The molecule has 1 aliphatic carbocycles. The second-order valence-corrected chi connectivity index (χ2v) is 6.32. The van der Waals surface area contributed by atoms with E-state index in [9.17, 15) is 18.0 Å². The highest BCUT2D eigenvalue weighted by Crippen LogP contribution is 2.32. The van der Waals surface area contributed by atoms with E-state index in [1.807, 2.05) is 24.3 Å². The highest BCUT2D eigenvalue weighted by molar-refractivity contribution is 6.13. The van der Waals surface area contributed by atoms with Gasteiger partial charge in [0, 0.05) is 16.8 Å². The number of hydrogen-bond acceptors (Lipinski definition) is 2. The molecule has 1 heterocycles. The lowest BCUT2D eigenvalue weighted by molar-refractivity contribution is -0.137. The van der Waals surface area contributed by atoms with Crippen LogP contribution in [0, 0.1) is 0 Å². The van der Waals surface area contributed by atoms with Crippen molar-refractivity contribution in [1.82, 2.24) is 4.98 Å². The molecule has 4 rings (SSSR count). The number of aromatic nitrogens is 1. The van der Waals surface area contributed by atoms with E-state index >= 15 is 0 Å². The third-order valence-corrected chi connectivity index (χ3v) is 4.59. The molecule has 0 fully saturated rings. The Morgan fingerprint density at radius 3 is 2.65 bits per heavy atom. The summed E-state index contributed by atoms with van der Waals surface area (Å²) in [5, 5.41) is 3.35. The molecule has 1 aliphatic rings. The van der Waals surface area contributed by atoms with Crippen LogP contribution in [-0.2, 0) is 19.0 Å². The van der Waals surface area contributed by atoms with Crippen LogP contribution in [0.25, 0.3) is 10.9 Å². The summed E-state index contributed by atoms with van der Waals surface area (Å²) in [6, 6.07) is 12.0. The Morgan fingerprint density at radius 2 is 1.85 bits per heavy atom. The van der Waals surface area contributed by atoms with Crippen molar-refractivity contribution in [2.75, 3.05) is 5.32 Å². The van der Waals surface area contributed by atoms with Gasteiger partial charge in [0.15, 0.2) is 0 Å². The zero-order chi connectivity index (χ0) is 18.3. The van der Waals surface area contributed by atoms with E-state index in [1.54, 1.807) is 0 Å². The fraction of sp³-hybridized carbons (Fsp3) is 0.200. The zero-order valence-electron chi connectivity index (χ0n) is 13.7. The van der Waals surface area contributed by atoms with Gasteiger partial charge in [-0.1, -0.05) is 24.3 Å². The van der Waals surface area contributed by atoms with Gasteiger partial charge in [0.2, 0.25) is 0 Å². The molecule has 3 nitrogen and oxygen atoms in total. The van der Waals surface area contributed by atoms with E-state index in [0.717, 1.165) is 53.6 Å². The third kappa shape index (κ3) is 2.92. The van der Waals surface area contributed by atoms with Gasteiger partial charge >= 0.3 is 6.18 Å². The third-order valence-electron chi connectivity index (χ3n) is 4.59. The number of aryl methyl sites for hydroxylation is 1. The smallest absolute Gasteiger partial charge is 0.322 e. The number of carbonyl (C=O) groups excluding carboxylic acids is 1. The van der Waals surface area contributed by atoms with Gasteiger partial charge in [-0.2, -0.15) is 13.2 Å². The molecule has 3 aromatic rings. The Balaban J connectivity index is 1.76. The predicted molar refractivity (Wildman–Crippen MR) is 93.2 cm³/mol. The Bertz CT molecular complexity index is 1010. The average Bonchev–Trinajstić information content (AvgIpc) is 3.06. The molecule has 0 saturated carbocycles. The maximum Gasteiger partial charge on any atom is 0.416 e. The summed E-state index contributed by atoms with van der Waals surface area (Å²) >= 11 is 0. The molecule has 6 heteroatoms. The van der Waals surface area contributed by atoms with Gasteiger partial charge in [0.25, 0.3) is 5.91 Å². The summed E-state index contributed by atoms with van der Waals surface area (Å²) in [4.78, 5) is 17.6. The molecule has 132 valence electrons. The highest BCUT2D eigenvalue weighted by Gasteiger charge is 2.31. The summed E-state index contributed by atoms with van der Waals surface area (Å²) < 4.78 is 38.7. The molecule has 0 aliphatic heterocycles. The summed E-state index contributed by atoms with van der Waals surface area (Å²) in [6.45, 7) is 0.